The van der Waals surface area contributed by atoms with Crippen molar-refractivity contribution in [2.24, 2.45) is 0 Å². The highest BCUT2D eigenvalue weighted by Gasteiger charge is 2.22. The third-order valence-corrected chi connectivity index (χ3v) is 3.73. The van der Waals surface area contributed by atoms with Crippen LogP contribution in [0.5, 0.6) is 5.75 Å². The number of carbonyl (C=O) groups excluding carboxylic acids is 2. The summed E-state index contributed by atoms with van der Waals surface area (Å²) in [5, 5.41) is 2.93. The van der Waals surface area contributed by atoms with Crippen molar-refractivity contribution >= 4 is 24.3 Å². The zero-order valence-corrected chi connectivity index (χ0v) is 12.2. The first-order valence-electron chi connectivity index (χ1n) is 7.29. The van der Waals surface area contributed by atoms with Gasteiger partial charge < -0.3 is 10.1 Å². The van der Waals surface area contributed by atoms with E-state index in [1.807, 2.05) is 0 Å². The second-order valence-corrected chi connectivity index (χ2v) is 5.05. The van der Waals surface area contributed by atoms with Crippen molar-refractivity contribution in [3.63, 3.8) is 0 Å². The molecule has 2 rings (SSSR count). The molecule has 0 aromatic carbocycles. The molecule has 0 bridgehead atoms. The molecule has 0 atom stereocenters. The molecule has 1 aliphatic carbocycles. The van der Waals surface area contributed by atoms with Crippen molar-refractivity contribution in [2.45, 2.75) is 38.1 Å². The van der Waals surface area contributed by atoms with Gasteiger partial charge in [-0.25, -0.2) is 4.98 Å². The molecular formula is C15H21N3O3. The van der Waals surface area contributed by atoms with Gasteiger partial charge in [-0.2, -0.15) is 0 Å². The van der Waals surface area contributed by atoms with E-state index >= 15 is 0 Å². The normalized spacial score (nSPS) is 15.3. The van der Waals surface area contributed by atoms with Gasteiger partial charge in [-0.15, -0.1) is 0 Å². The lowest BCUT2D eigenvalue weighted by Gasteiger charge is -2.30. The second kappa shape index (κ2) is 7.61. The average molecular weight is 291 g/mol. The van der Waals surface area contributed by atoms with Gasteiger partial charge in [0.1, 0.15) is 12.4 Å². The van der Waals surface area contributed by atoms with Crippen molar-refractivity contribution in [1.82, 2.24) is 4.98 Å². The van der Waals surface area contributed by atoms with Crippen LogP contribution in [0.4, 0.5) is 11.6 Å². The maximum absolute atomic E-state index is 11.4. The highest BCUT2D eigenvalue weighted by atomic mass is 16.5. The minimum Gasteiger partial charge on any atom is -0.482 e. The van der Waals surface area contributed by atoms with E-state index in [1.165, 1.54) is 6.42 Å². The predicted octanol–water partition coefficient (Wildman–Crippen LogP) is 2.00. The third-order valence-electron chi connectivity index (χ3n) is 3.73. The van der Waals surface area contributed by atoms with E-state index < -0.39 is 0 Å². The molecule has 1 heterocycles. The largest absolute Gasteiger partial charge is 0.482 e. The van der Waals surface area contributed by atoms with Gasteiger partial charge in [0.05, 0.1) is 0 Å². The first-order valence-corrected chi connectivity index (χ1v) is 7.29. The van der Waals surface area contributed by atoms with Crippen LogP contribution in [0.2, 0.25) is 0 Å². The molecule has 1 saturated carbocycles. The molecular weight excluding hydrogens is 270 g/mol. The number of amides is 1. The lowest BCUT2D eigenvalue weighted by Crippen LogP contribution is -2.36. The van der Waals surface area contributed by atoms with E-state index in [0.717, 1.165) is 32.1 Å². The number of pyridine rings is 1. The molecule has 1 N–H and O–H groups in total. The number of carbonyl (C=O) groups is 2. The molecule has 1 fully saturated rings. The molecule has 0 aliphatic heterocycles. The van der Waals surface area contributed by atoms with Gasteiger partial charge in [0.15, 0.2) is 17.9 Å². The van der Waals surface area contributed by atoms with Gasteiger partial charge in [-0.05, 0) is 25.0 Å². The molecule has 0 unspecified atom stereocenters. The molecule has 1 aromatic rings. The van der Waals surface area contributed by atoms with E-state index in [1.54, 1.807) is 24.1 Å². The zero-order valence-electron chi connectivity index (χ0n) is 12.2. The van der Waals surface area contributed by atoms with Crippen LogP contribution in [0.25, 0.3) is 0 Å². The molecule has 0 saturated heterocycles. The first-order chi connectivity index (χ1) is 10.3. The van der Waals surface area contributed by atoms with Gasteiger partial charge in [0.25, 0.3) is 0 Å². The van der Waals surface area contributed by atoms with E-state index in [4.69, 9.17) is 4.74 Å². The third kappa shape index (κ3) is 3.71. The highest BCUT2D eigenvalue weighted by Crippen LogP contribution is 2.29. The van der Waals surface area contributed by atoms with Crippen LogP contribution in [0.15, 0.2) is 12.1 Å². The molecule has 1 amide bonds. The van der Waals surface area contributed by atoms with Crippen LogP contribution >= 0.6 is 0 Å². The number of aromatic nitrogens is 1. The fourth-order valence-electron chi connectivity index (χ4n) is 2.69. The Bertz CT molecular complexity index is 487. The quantitative estimate of drug-likeness (QED) is 0.778. The molecule has 0 spiro atoms. The average Bonchev–Trinajstić information content (AvgIpc) is 2.55. The van der Waals surface area contributed by atoms with E-state index in [0.29, 0.717) is 23.7 Å². The summed E-state index contributed by atoms with van der Waals surface area (Å²) >= 11 is 0. The predicted molar refractivity (Wildman–Crippen MR) is 80.8 cm³/mol. The molecule has 0 radical (unpaired) electrons. The molecule has 1 aliphatic rings. The topological polar surface area (TPSA) is 71.5 Å². The van der Waals surface area contributed by atoms with E-state index in [-0.39, 0.29) is 12.6 Å². The summed E-state index contributed by atoms with van der Waals surface area (Å²) in [7, 11) is 1.73. The lowest BCUT2D eigenvalue weighted by molar-refractivity contribution is -0.109. The second-order valence-electron chi connectivity index (χ2n) is 5.05. The Kier molecular flexibility index (Phi) is 5.54. The zero-order chi connectivity index (χ0) is 15.1. The number of ether oxygens (including phenoxy) is 1. The van der Waals surface area contributed by atoms with E-state index in [2.05, 4.69) is 10.3 Å². The lowest BCUT2D eigenvalue weighted by atomic mass is 9.94. The molecule has 6 nitrogen and oxygen atoms in total. The summed E-state index contributed by atoms with van der Waals surface area (Å²) in [6.07, 6.45) is 7.09. The van der Waals surface area contributed by atoms with Gasteiger partial charge in [0, 0.05) is 13.1 Å². The Labute approximate surface area is 124 Å². The van der Waals surface area contributed by atoms with Gasteiger partial charge in [-0.3, -0.25) is 14.5 Å². The van der Waals surface area contributed by atoms with E-state index in [9.17, 15) is 9.59 Å². The van der Waals surface area contributed by atoms with Crippen molar-refractivity contribution in [3.8, 4) is 5.75 Å². The number of hydrogen-bond donors (Lipinski definition) is 1. The number of rotatable bonds is 7. The molecule has 21 heavy (non-hydrogen) atoms. The van der Waals surface area contributed by atoms with Crippen LogP contribution in [0.1, 0.15) is 32.1 Å². The van der Waals surface area contributed by atoms with Gasteiger partial charge in [-0.1, -0.05) is 19.3 Å². The van der Waals surface area contributed by atoms with Crippen LogP contribution in [-0.4, -0.2) is 37.4 Å². The summed E-state index contributed by atoms with van der Waals surface area (Å²) in [5.41, 5.74) is 0. The van der Waals surface area contributed by atoms with Crippen LogP contribution in [-0.2, 0) is 9.59 Å². The standard InChI is InChI=1S/C15H21N3O3/c1-16-15-13(21-10-9-19)7-8-14(17-15)18(11-20)12-5-3-2-4-6-12/h7-9,11-12H,2-6,10H2,1H3,(H,16,17). The molecule has 1 aromatic heterocycles. The van der Waals surface area contributed by atoms with Crippen molar-refractivity contribution in [2.75, 3.05) is 23.9 Å². The van der Waals surface area contributed by atoms with Crippen LogP contribution in [0, 0.1) is 0 Å². The Balaban J connectivity index is 2.20. The van der Waals surface area contributed by atoms with Crippen molar-refractivity contribution in [1.29, 1.82) is 0 Å². The summed E-state index contributed by atoms with van der Waals surface area (Å²) in [5.74, 6) is 1.64. The van der Waals surface area contributed by atoms with Crippen LogP contribution in [0.3, 0.4) is 0 Å². The molecule has 114 valence electrons. The fourth-order valence-corrected chi connectivity index (χ4v) is 2.69. The number of hydrogen-bond acceptors (Lipinski definition) is 5. The van der Waals surface area contributed by atoms with Crippen LogP contribution < -0.4 is 15.0 Å². The Morgan fingerprint density at radius 3 is 2.71 bits per heavy atom. The first kappa shape index (κ1) is 15.3. The van der Waals surface area contributed by atoms with Gasteiger partial charge in [0.2, 0.25) is 6.41 Å². The van der Waals surface area contributed by atoms with Gasteiger partial charge >= 0.3 is 0 Å². The monoisotopic (exact) mass is 291 g/mol. The number of nitrogens with one attached hydrogen (secondary N) is 1. The maximum atomic E-state index is 11.4. The van der Waals surface area contributed by atoms with Crippen molar-refractivity contribution in [3.05, 3.63) is 12.1 Å². The highest BCUT2D eigenvalue weighted by molar-refractivity contribution is 5.75. The summed E-state index contributed by atoms with van der Waals surface area (Å²) in [4.78, 5) is 28.0. The number of aldehydes is 1. The minimum absolute atomic E-state index is 0.0181. The summed E-state index contributed by atoms with van der Waals surface area (Å²) in [6, 6.07) is 3.70. The number of anilines is 2. The smallest absolute Gasteiger partial charge is 0.215 e. The number of nitrogens with zero attached hydrogens (tertiary/aromatic N) is 2. The summed E-state index contributed by atoms with van der Waals surface area (Å²) in [6.45, 7) is -0.0181. The SMILES string of the molecule is CNc1nc(N(C=O)C2CCCCC2)ccc1OCC=O. The molecule has 6 heteroatoms. The Morgan fingerprint density at radius 1 is 1.33 bits per heavy atom. The fraction of sp³-hybridized carbons (Fsp3) is 0.533. The minimum atomic E-state index is -0.0181. The Hall–Kier alpha value is -2.11. The Morgan fingerprint density at radius 2 is 2.10 bits per heavy atom. The maximum Gasteiger partial charge on any atom is 0.215 e. The van der Waals surface area contributed by atoms with Crippen molar-refractivity contribution < 1.29 is 14.3 Å². The summed E-state index contributed by atoms with van der Waals surface area (Å²) < 4.78 is 5.29.